The number of nitrogens with zero attached hydrogens (tertiary/aromatic N) is 2. The highest BCUT2D eigenvalue weighted by molar-refractivity contribution is 6.03. The van der Waals surface area contributed by atoms with Crippen molar-refractivity contribution in [3.63, 3.8) is 0 Å². The molecule has 1 saturated carbocycles. The van der Waals surface area contributed by atoms with Crippen molar-refractivity contribution < 1.29 is 42.1 Å². The molecule has 2 heterocycles. The molecule has 1 aromatic rings. The first-order valence-electron chi connectivity index (χ1n) is 14.6. The zero-order valence-electron chi connectivity index (χ0n) is 23.7. The SMILES string of the molecule is C[C@@]1(C(=O)O)C[C@@H](O)CN1C(=O)C1(F)CC=CC=C1c1ccc(OCC2CCN(CC3(C(F)(F)F)CCC3)CC2)cc1. The zero-order valence-corrected chi connectivity index (χ0v) is 23.7. The van der Waals surface area contributed by atoms with Gasteiger partial charge in [-0.15, -0.1) is 0 Å². The maximum atomic E-state index is 16.5. The van der Waals surface area contributed by atoms with Gasteiger partial charge in [-0.3, -0.25) is 4.79 Å². The molecule has 5 rings (SSSR count). The summed E-state index contributed by atoms with van der Waals surface area (Å²) in [5, 5.41) is 19.8. The smallest absolute Gasteiger partial charge is 0.395 e. The van der Waals surface area contributed by atoms with Crippen molar-refractivity contribution >= 4 is 17.4 Å². The molecule has 1 unspecified atom stereocenters. The Bertz CT molecular complexity index is 1240. The van der Waals surface area contributed by atoms with Crippen molar-refractivity contribution in [2.75, 3.05) is 32.8 Å². The highest BCUT2D eigenvalue weighted by Gasteiger charge is 2.59. The van der Waals surface area contributed by atoms with E-state index in [1.54, 1.807) is 30.3 Å². The largest absolute Gasteiger partial charge is 0.493 e. The number of ether oxygens (including phenoxy) is 1. The summed E-state index contributed by atoms with van der Waals surface area (Å²) in [5.41, 5.74) is -5.22. The molecule has 2 aliphatic carbocycles. The maximum absolute atomic E-state index is 16.5. The Hall–Kier alpha value is -2.92. The number of carboxylic acids is 1. The Morgan fingerprint density at radius 2 is 1.79 bits per heavy atom. The number of piperidine rings is 1. The number of carboxylic acid groups (broad SMARTS) is 1. The summed E-state index contributed by atoms with van der Waals surface area (Å²) in [7, 11) is 0. The third-order valence-corrected chi connectivity index (χ3v) is 9.69. The van der Waals surface area contributed by atoms with Crippen molar-refractivity contribution in [1.82, 2.24) is 9.80 Å². The predicted octanol–water partition coefficient (Wildman–Crippen LogP) is 5.00. The van der Waals surface area contributed by atoms with Gasteiger partial charge in [0.25, 0.3) is 5.91 Å². The van der Waals surface area contributed by atoms with E-state index in [0.717, 1.165) is 17.7 Å². The van der Waals surface area contributed by atoms with Gasteiger partial charge in [-0.2, -0.15) is 13.2 Å². The van der Waals surface area contributed by atoms with Gasteiger partial charge in [0.15, 0.2) is 0 Å². The number of carbonyl (C=O) groups is 2. The first kappa shape index (κ1) is 30.5. The highest BCUT2D eigenvalue weighted by Crippen LogP contribution is 2.53. The van der Waals surface area contributed by atoms with Crippen LogP contribution in [-0.2, 0) is 9.59 Å². The molecule has 0 spiro atoms. The predicted molar refractivity (Wildman–Crippen MR) is 147 cm³/mol. The third kappa shape index (κ3) is 5.57. The van der Waals surface area contributed by atoms with Crippen molar-refractivity contribution in [2.24, 2.45) is 11.3 Å². The molecule has 42 heavy (non-hydrogen) atoms. The molecule has 0 aromatic heterocycles. The van der Waals surface area contributed by atoms with Gasteiger partial charge < -0.3 is 24.7 Å². The number of benzene rings is 1. The van der Waals surface area contributed by atoms with Gasteiger partial charge in [0.1, 0.15) is 11.3 Å². The monoisotopic (exact) mass is 594 g/mol. The fourth-order valence-corrected chi connectivity index (χ4v) is 6.75. The molecule has 4 aliphatic rings. The normalized spacial score (nSPS) is 30.1. The van der Waals surface area contributed by atoms with Gasteiger partial charge >= 0.3 is 12.1 Å². The van der Waals surface area contributed by atoms with E-state index < -0.39 is 40.8 Å². The van der Waals surface area contributed by atoms with Crippen LogP contribution in [0.2, 0.25) is 0 Å². The van der Waals surface area contributed by atoms with Gasteiger partial charge in [-0.05, 0) is 69.3 Å². The van der Waals surface area contributed by atoms with Crippen LogP contribution in [0.1, 0.15) is 57.4 Å². The molecule has 0 bridgehead atoms. The minimum atomic E-state index is -4.16. The van der Waals surface area contributed by atoms with Crippen LogP contribution < -0.4 is 4.74 Å². The van der Waals surface area contributed by atoms with Gasteiger partial charge in [-0.25, -0.2) is 9.18 Å². The number of halogens is 4. The first-order chi connectivity index (χ1) is 19.8. The fourth-order valence-electron chi connectivity index (χ4n) is 6.75. The zero-order chi connectivity index (χ0) is 30.3. The lowest BCUT2D eigenvalue weighted by Crippen LogP contribution is -2.57. The van der Waals surface area contributed by atoms with Crippen LogP contribution in [0.5, 0.6) is 5.75 Å². The van der Waals surface area contributed by atoms with E-state index >= 15 is 4.39 Å². The molecule has 1 amide bonds. The van der Waals surface area contributed by atoms with Crippen LogP contribution in [-0.4, -0.2) is 88.2 Å². The van der Waals surface area contributed by atoms with Crippen LogP contribution in [0.4, 0.5) is 17.6 Å². The van der Waals surface area contributed by atoms with Crippen LogP contribution in [0.25, 0.3) is 5.57 Å². The number of aliphatic hydroxyl groups excluding tert-OH is 1. The Morgan fingerprint density at radius 1 is 1.12 bits per heavy atom. The minimum absolute atomic E-state index is 0.0725. The molecule has 3 fully saturated rings. The number of likely N-dealkylation sites (tertiary alicyclic amines) is 2. The van der Waals surface area contributed by atoms with E-state index in [9.17, 15) is 33.0 Å². The summed E-state index contributed by atoms with van der Waals surface area (Å²) in [6.45, 7) is 2.75. The Balaban J connectivity index is 1.18. The number of hydrogen-bond acceptors (Lipinski definition) is 5. The van der Waals surface area contributed by atoms with Crippen molar-refractivity contribution in [1.29, 1.82) is 0 Å². The van der Waals surface area contributed by atoms with E-state index in [-0.39, 0.29) is 50.3 Å². The molecule has 2 N–H and O–H groups in total. The Morgan fingerprint density at radius 3 is 2.36 bits per heavy atom. The number of aliphatic carboxylic acids is 1. The summed E-state index contributed by atoms with van der Waals surface area (Å²) in [6, 6.07) is 6.66. The molecule has 0 radical (unpaired) electrons. The third-order valence-electron chi connectivity index (χ3n) is 9.69. The number of alkyl halides is 4. The van der Waals surface area contributed by atoms with Crippen LogP contribution in [0.15, 0.2) is 42.5 Å². The molecule has 1 aromatic carbocycles. The van der Waals surface area contributed by atoms with Crippen molar-refractivity contribution in [2.45, 2.75) is 75.4 Å². The van der Waals surface area contributed by atoms with E-state index in [1.165, 1.54) is 19.1 Å². The highest BCUT2D eigenvalue weighted by atomic mass is 19.4. The van der Waals surface area contributed by atoms with E-state index in [1.807, 2.05) is 4.90 Å². The quantitative estimate of drug-likeness (QED) is 0.412. The standard InChI is InChI=1S/C31H38F4N2O5/c1-28(27(40)41)17-23(38)18-37(28)26(39)30(32)14-3-2-5-25(30)22-6-8-24(9-7-22)42-19-21-10-15-36(16-11-21)20-29(12-4-13-29)31(33,34)35/h2-3,5-9,21,23,38H,4,10-20H2,1H3,(H,40,41)/t23-,28+,30?/m1/s1. The number of hydrogen-bond donors (Lipinski definition) is 2. The lowest BCUT2D eigenvalue weighted by Gasteiger charge is -2.47. The molecular weight excluding hydrogens is 556 g/mol. The lowest BCUT2D eigenvalue weighted by molar-refractivity contribution is -0.256. The summed E-state index contributed by atoms with van der Waals surface area (Å²) in [6.07, 6.45) is 1.55. The molecule has 11 heteroatoms. The lowest BCUT2D eigenvalue weighted by atomic mass is 9.67. The van der Waals surface area contributed by atoms with Crippen molar-refractivity contribution in [3.8, 4) is 5.75 Å². The fraction of sp³-hybridized carbons (Fsp3) is 0.613. The number of carbonyl (C=O) groups excluding carboxylic acids is 1. The number of β-amino-alcohol motifs (C(OH)–C–C–N with tert-alkyl or cyclic N) is 1. The second-order valence-electron chi connectivity index (χ2n) is 12.6. The molecule has 230 valence electrons. The number of amides is 1. The van der Waals surface area contributed by atoms with E-state index in [4.69, 9.17) is 4.74 Å². The second kappa shape index (κ2) is 11.3. The summed E-state index contributed by atoms with van der Waals surface area (Å²) in [5.74, 6) is -1.53. The summed E-state index contributed by atoms with van der Waals surface area (Å²) in [4.78, 5) is 28.3. The molecule has 3 atom stereocenters. The van der Waals surface area contributed by atoms with Gasteiger partial charge in [-0.1, -0.05) is 36.8 Å². The van der Waals surface area contributed by atoms with Gasteiger partial charge in [0, 0.05) is 31.5 Å². The van der Waals surface area contributed by atoms with E-state index in [2.05, 4.69) is 0 Å². The number of rotatable bonds is 8. The maximum Gasteiger partial charge on any atom is 0.395 e. The van der Waals surface area contributed by atoms with Gasteiger partial charge in [0.05, 0.1) is 18.1 Å². The summed E-state index contributed by atoms with van der Waals surface area (Å²) < 4.78 is 63.1. The molecule has 2 aliphatic heterocycles. The number of aliphatic hydroxyl groups is 1. The van der Waals surface area contributed by atoms with Crippen molar-refractivity contribution in [3.05, 3.63) is 48.1 Å². The topological polar surface area (TPSA) is 90.3 Å². The molecule has 2 saturated heterocycles. The Labute approximate surface area is 242 Å². The number of allylic oxidation sites excluding steroid dienone is 3. The minimum Gasteiger partial charge on any atom is -0.493 e. The molecule has 7 nitrogen and oxygen atoms in total. The first-order valence-corrected chi connectivity index (χ1v) is 14.6. The second-order valence-corrected chi connectivity index (χ2v) is 12.6. The average Bonchev–Trinajstić information content (AvgIpc) is 3.24. The Kier molecular flexibility index (Phi) is 8.21. The summed E-state index contributed by atoms with van der Waals surface area (Å²) >= 11 is 0. The average molecular weight is 595 g/mol. The van der Waals surface area contributed by atoms with Crippen LogP contribution >= 0.6 is 0 Å². The van der Waals surface area contributed by atoms with Gasteiger partial charge in [0.2, 0.25) is 5.67 Å². The van der Waals surface area contributed by atoms with Crippen LogP contribution in [0.3, 0.4) is 0 Å². The van der Waals surface area contributed by atoms with Crippen LogP contribution in [0, 0.1) is 11.3 Å². The van der Waals surface area contributed by atoms with E-state index in [0.29, 0.717) is 37.4 Å². The molecular formula is C31H38F4N2O5.